The Hall–Kier alpha value is -4.73. The maximum absolute atomic E-state index is 13.9. The van der Waals surface area contributed by atoms with E-state index in [0.29, 0.717) is 22.5 Å². The maximum atomic E-state index is 13.9. The molecule has 0 radical (unpaired) electrons. The van der Waals surface area contributed by atoms with Crippen molar-refractivity contribution in [2.24, 2.45) is 0 Å². The van der Waals surface area contributed by atoms with Gasteiger partial charge in [0.05, 0.1) is 25.2 Å². The lowest BCUT2D eigenvalue weighted by atomic mass is 10.0. The highest BCUT2D eigenvalue weighted by atomic mass is 19.4. The number of methoxy groups -OCH3 is 2. The summed E-state index contributed by atoms with van der Waals surface area (Å²) >= 11 is 0. The molecule has 188 valence electrons. The molecular formula is C27H17F3O7. The predicted molar refractivity (Wildman–Crippen MR) is 127 cm³/mol. The van der Waals surface area contributed by atoms with E-state index in [1.54, 1.807) is 18.2 Å². The van der Waals surface area contributed by atoms with Crippen LogP contribution in [0.5, 0.6) is 17.2 Å². The second kappa shape index (κ2) is 9.05. The molecule has 2 aromatic heterocycles. The quantitative estimate of drug-likeness (QED) is 0.198. The van der Waals surface area contributed by atoms with Gasteiger partial charge in [0.15, 0.2) is 11.3 Å². The first kappa shape index (κ1) is 24.0. The monoisotopic (exact) mass is 510 g/mol. The molecule has 0 N–H and O–H groups in total. The second-order valence-corrected chi connectivity index (χ2v) is 7.90. The van der Waals surface area contributed by atoms with Gasteiger partial charge >= 0.3 is 12.1 Å². The molecule has 0 aliphatic rings. The molecule has 0 spiro atoms. The Labute approximate surface area is 206 Å². The number of carbonyl (C=O) groups excluding carboxylic acids is 1. The van der Waals surface area contributed by atoms with Gasteiger partial charge in [0.1, 0.15) is 17.1 Å². The van der Waals surface area contributed by atoms with Gasteiger partial charge in [-0.15, -0.1) is 0 Å². The van der Waals surface area contributed by atoms with Crippen LogP contribution in [0.25, 0.3) is 33.1 Å². The van der Waals surface area contributed by atoms with Gasteiger partial charge in [0.2, 0.25) is 16.9 Å². The lowest BCUT2D eigenvalue weighted by molar-refractivity contribution is -0.152. The lowest BCUT2D eigenvalue weighted by Gasteiger charge is -2.13. The Balaban J connectivity index is 1.55. The number of carbonyl (C=O) groups is 1. The average Bonchev–Trinajstić information content (AvgIpc) is 3.33. The molecule has 0 aliphatic heterocycles. The Morgan fingerprint density at radius 1 is 0.865 bits per heavy atom. The van der Waals surface area contributed by atoms with Crippen molar-refractivity contribution in [1.82, 2.24) is 0 Å². The molecule has 0 bridgehead atoms. The Bertz CT molecular complexity index is 1700. The third-order valence-corrected chi connectivity index (χ3v) is 5.64. The number of esters is 1. The zero-order chi connectivity index (χ0) is 26.3. The molecule has 5 aromatic rings. The zero-order valence-corrected chi connectivity index (χ0v) is 19.3. The van der Waals surface area contributed by atoms with Gasteiger partial charge in [-0.05, 0) is 42.0 Å². The number of benzene rings is 3. The minimum absolute atomic E-state index is 0.0135. The van der Waals surface area contributed by atoms with Gasteiger partial charge in [0, 0.05) is 11.5 Å². The van der Waals surface area contributed by atoms with E-state index < -0.39 is 34.5 Å². The first-order valence-corrected chi connectivity index (χ1v) is 10.8. The zero-order valence-electron chi connectivity index (χ0n) is 19.3. The van der Waals surface area contributed by atoms with Gasteiger partial charge < -0.3 is 23.0 Å². The molecule has 0 saturated carbocycles. The van der Waals surface area contributed by atoms with Crippen molar-refractivity contribution in [3.8, 4) is 28.4 Å². The number of rotatable bonds is 5. The Morgan fingerprint density at radius 2 is 1.59 bits per heavy atom. The van der Waals surface area contributed by atoms with Crippen LogP contribution in [-0.4, -0.2) is 20.2 Å². The summed E-state index contributed by atoms with van der Waals surface area (Å²) in [4.78, 5) is 25.8. The van der Waals surface area contributed by atoms with Gasteiger partial charge in [0.25, 0.3) is 0 Å². The Kier molecular flexibility index (Phi) is 5.87. The fraction of sp³-hybridized carbons (Fsp3) is 0.111. The van der Waals surface area contributed by atoms with E-state index in [0.717, 1.165) is 6.07 Å². The number of fused-ring (bicyclic) bond motifs is 2. The van der Waals surface area contributed by atoms with Crippen LogP contribution in [0.15, 0.2) is 80.4 Å². The number of ether oxygens (including phenoxy) is 3. The van der Waals surface area contributed by atoms with Crippen molar-refractivity contribution < 1.29 is 41.0 Å². The van der Waals surface area contributed by atoms with Crippen LogP contribution >= 0.6 is 0 Å². The van der Waals surface area contributed by atoms with Crippen molar-refractivity contribution in [1.29, 1.82) is 0 Å². The van der Waals surface area contributed by atoms with E-state index >= 15 is 0 Å². The number of hydrogen-bond donors (Lipinski definition) is 0. The third-order valence-electron chi connectivity index (χ3n) is 5.64. The molecule has 5 rings (SSSR count). The molecule has 3 aromatic carbocycles. The van der Waals surface area contributed by atoms with Crippen molar-refractivity contribution in [2.75, 3.05) is 14.2 Å². The highest BCUT2D eigenvalue weighted by Gasteiger charge is 2.39. The molecule has 0 fully saturated rings. The predicted octanol–water partition coefficient (Wildman–Crippen LogP) is 6.46. The molecular weight excluding hydrogens is 493 g/mol. The second-order valence-electron chi connectivity index (χ2n) is 7.90. The molecule has 7 nitrogen and oxygen atoms in total. The van der Waals surface area contributed by atoms with Crippen LogP contribution in [0, 0.1) is 0 Å². The molecule has 0 amide bonds. The SMILES string of the molecule is COc1ccc(-c2c(C(F)(F)F)oc3cc(OC(=O)c4cc5cccc(OC)c5o4)ccc3c2=O)cc1. The summed E-state index contributed by atoms with van der Waals surface area (Å²) in [7, 11) is 2.86. The van der Waals surface area contributed by atoms with Crippen LogP contribution in [-0.2, 0) is 6.18 Å². The number of alkyl halides is 3. The molecule has 0 saturated heterocycles. The topological polar surface area (TPSA) is 88.1 Å². The smallest absolute Gasteiger partial charge is 0.450 e. The number of furan rings is 1. The minimum Gasteiger partial charge on any atom is -0.497 e. The van der Waals surface area contributed by atoms with E-state index in [2.05, 4.69) is 0 Å². The van der Waals surface area contributed by atoms with Gasteiger partial charge in [-0.1, -0.05) is 24.3 Å². The van der Waals surface area contributed by atoms with Gasteiger partial charge in [-0.3, -0.25) is 4.79 Å². The summed E-state index contributed by atoms with van der Waals surface area (Å²) in [5.41, 5.74) is -1.57. The molecule has 0 unspecified atom stereocenters. The molecule has 2 heterocycles. The summed E-state index contributed by atoms with van der Waals surface area (Å²) in [5.74, 6) is -1.83. The third kappa shape index (κ3) is 4.37. The average molecular weight is 510 g/mol. The number of para-hydroxylation sites is 1. The summed E-state index contributed by atoms with van der Waals surface area (Å²) in [6.07, 6.45) is -4.97. The maximum Gasteiger partial charge on any atom is 0.450 e. The summed E-state index contributed by atoms with van der Waals surface area (Å²) in [6, 6.07) is 15.7. The van der Waals surface area contributed by atoms with Crippen LogP contribution in [0.4, 0.5) is 13.2 Å². The van der Waals surface area contributed by atoms with E-state index in [1.807, 2.05) is 0 Å². The molecule has 10 heteroatoms. The van der Waals surface area contributed by atoms with Crippen LogP contribution in [0.3, 0.4) is 0 Å². The highest BCUT2D eigenvalue weighted by molar-refractivity contribution is 5.95. The summed E-state index contributed by atoms with van der Waals surface area (Å²) in [6.45, 7) is 0. The van der Waals surface area contributed by atoms with Crippen molar-refractivity contribution in [3.05, 3.63) is 88.5 Å². The standard InChI is InChI=1S/C27H17F3O7/c1-33-16-8-6-14(7-9-16)22-23(31)18-11-10-17(13-20(18)37-25(22)27(28,29)30)35-26(32)21-12-15-4-3-5-19(34-2)24(15)36-21/h3-13H,1-2H3. The van der Waals surface area contributed by atoms with Crippen molar-refractivity contribution in [2.45, 2.75) is 6.18 Å². The van der Waals surface area contributed by atoms with E-state index in [9.17, 15) is 22.8 Å². The van der Waals surface area contributed by atoms with E-state index in [-0.39, 0.29) is 22.5 Å². The van der Waals surface area contributed by atoms with E-state index in [1.165, 1.54) is 56.7 Å². The first-order chi connectivity index (χ1) is 17.7. The molecule has 0 aliphatic carbocycles. The fourth-order valence-corrected chi connectivity index (χ4v) is 3.91. The highest BCUT2D eigenvalue weighted by Crippen LogP contribution is 2.38. The van der Waals surface area contributed by atoms with Gasteiger partial charge in [-0.2, -0.15) is 13.2 Å². The normalized spacial score (nSPS) is 11.6. The number of halogens is 3. The van der Waals surface area contributed by atoms with Crippen molar-refractivity contribution >= 4 is 27.9 Å². The molecule has 37 heavy (non-hydrogen) atoms. The van der Waals surface area contributed by atoms with E-state index in [4.69, 9.17) is 23.0 Å². The van der Waals surface area contributed by atoms with Crippen LogP contribution in [0.2, 0.25) is 0 Å². The fourth-order valence-electron chi connectivity index (χ4n) is 3.91. The lowest BCUT2D eigenvalue weighted by Crippen LogP contribution is -2.16. The first-order valence-electron chi connectivity index (χ1n) is 10.8. The summed E-state index contributed by atoms with van der Waals surface area (Å²) in [5, 5.41) is 0.476. The number of hydrogen-bond acceptors (Lipinski definition) is 7. The summed E-state index contributed by atoms with van der Waals surface area (Å²) < 4.78 is 68.0. The Morgan fingerprint density at radius 3 is 2.27 bits per heavy atom. The van der Waals surface area contributed by atoms with Gasteiger partial charge in [-0.25, -0.2) is 4.79 Å². The minimum atomic E-state index is -4.97. The van der Waals surface area contributed by atoms with Crippen molar-refractivity contribution in [3.63, 3.8) is 0 Å². The van der Waals surface area contributed by atoms with Crippen LogP contribution < -0.4 is 19.6 Å². The van der Waals surface area contributed by atoms with Crippen LogP contribution in [0.1, 0.15) is 16.3 Å². The molecule has 0 atom stereocenters. The largest absolute Gasteiger partial charge is 0.497 e.